The van der Waals surface area contributed by atoms with Crippen molar-refractivity contribution in [2.24, 2.45) is 5.92 Å². The first kappa shape index (κ1) is 24.4. The highest BCUT2D eigenvalue weighted by Crippen LogP contribution is 2.38. The number of hydrogen-bond donors (Lipinski definition) is 1. The molecule has 9 heteroatoms. The first-order valence-electron chi connectivity index (χ1n) is 13.0. The maximum Gasteiger partial charge on any atom is 0.254 e. The van der Waals surface area contributed by atoms with Gasteiger partial charge in [-0.05, 0) is 71.4 Å². The molecule has 1 aromatic carbocycles. The summed E-state index contributed by atoms with van der Waals surface area (Å²) < 4.78 is 22.3. The molecule has 1 aliphatic carbocycles. The van der Waals surface area contributed by atoms with Gasteiger partial charge in [0.05, 0.1) is 18.8 Å². The summed E-state index contributed by atoms with van der Waals surface area (Å²) in [4.78, 5) is 21.7. The molecule has 37 heavy (non-hydrogen) atoms. The van der Waals surface area contributed by atoms with E-state index in [0.717, 1.165) is 41.8 Å². The molecular formula is C28H31BrFN5O2. The standard InChI is InChI=1S/C28H31BrFN5O2/c1-37-25-14-22(30)16-32-27(25)33-7-9-34(10-8-33)28(36)21-11-20-13-24(19-3-2-6-31-15-19)35(17-18-4-5-18)26(20)23(29)12-21/h3,11-14,16,18,31H,2,4-10,15,17H2,1H3. The molecule has 0 bridgehead atoms. The van der Waals surface area contributed by atoms with Crippen molar-refractivity contribution in [1.82, 2.24) is 19.8 Å². The van der Waals surface area contributed by atoms with Gasteiger partial charge < -0.3 is 24.4 Å². The third-order valence-corrected chi connectivity index (χ3v) is 8.18. The minimum Gasteiger partial charge on any atom is -0.493 e. The number of carbonyl (C=O) groups is 1. The van der Waals surface area contributed by atoms with Crippen molar-refractivity contribution in [3.8, 4) is 5.75 Å². The highest BCUT2D eigenvalue weighted by atomic mass is 79.9. The molecule has 2 aliphatic heterocycles. The van der Waals surface area contributed by atoms with Gasteiger partial charge in [-0.25, -0.2) is 9.37 Å². The Morgan fingerprint density at radius 2 is 2.00 bits per heavy atom. The van der Waals surface area contributed by atoms with Crippen molar-refractivity contribution in [1.29, 1.82) is 0 Å². The topological polar surface area (TPSA) is 62.6 Å². The number of anilines is 1. The number of amides is 1. The van der Waals surface area contributed by atoms with Crippen LogP contribution in [0.1, 0.15) is 35.3 Å². The van der Waals surface area contributed by atoms with Crippen molar-refractivity contribution >= 4 is 44.1 Å². The molecule has 1 saturated carbocycles. The lowest BCUT2D eigenvalue weighted by Gasteiger charge is -2.36. The molecular weight excluding hydrogens is 537 g/mol. The van der Waals surface area contributed by atoms with E-state index in [2.05, 4.69) is 42.9 Å². The van der Waals surface area contributed by atoms with E-state index in [1.54, 1.807) is 0 Å². The average Bonchev–Trinajstić information content (AvgIpc) is 3.67. The van der Waals surface area contributed by atoms with Crippen LogP contribution >= 0.6 is 15.9 Å². The molecule has 0 radical (unpaired) electrons. The van der Waals surface area contributed by atoms with Crippen molar-refractivity contribution < 1.29 is 13.9 Å². The van der Waals surface area contributed by atoms with E-state index in [1.807, 2.05) is 21.9 Å². The van der Waals surface area contributed by atoms with Crippen LogP contribution in [-0.4, -0.2) is 66.7 Å². The number of nitrogens with zero attached hydrogens (tertiary/aromatic N) is 4. The Kier molecular flexibility index (Phi) is 6.67. The molecule has 2 aromatic heterocycles. The number of aromatic nitrogens is 2. The zero-order chi connectivity index (χ0) is 25.5. The summed E-state index contributed by atoms with van der Waals surface area (Å²) in [7, 11) is 1.51. The summed E-state index contributed by atoms with van der Waals surface area (Å²) in [5, 5.41) is 4.59. The summed E-state index contributed by atoms with van der Waals surface area (Å²) in [6, 6.07) is 7.61. The highest BCUT2D eigenvalue weighted by Gasteiger charge is 2.28. The normalized spacial score (nSPS) is 18.3. The predicted molar refractivity (Wildman–Crippen MR) is 147 cm³/mol. The first-order chi connectivity index (χ1) is 18.0. The van der Waals surface area contributed by atoms with Crippen molar-refractivity contribution in [2.45, 2.75) is 25.8 Å². The van der Waals surface area contributed by atoms with Crippen molar-refractivity contribution in [3.05, 3.63) is 58.1 Å². The quantitative estimate of drug-likeness (QED) is 0.468. The van der Waals surface area contributed by atoms with Crippen molar-refractivity contribution in [2.75, 3.05) is 51.3 Å². The number of carbonyl (C=O) groups excluding carboxylic acids is 1. The summed E-state index contributed by atoms with van der Waals surface area (Å²) in [6.45, 7) is 5.24. The Morgan fingerprint density at radius 3 is 2.70 bits per heavy atom. The number of methoxy groups -OCH3 is 1. The number of ether oxygens (including phenoxy) is 1. The molecule has 0 atom stereocenters. The third kappa shape index (κ3) is 4.86. The molecule has 4 heterocycles. The molecule has 194 valence electrons. The van der Waals surface area contributed by atoms with Gasteiger partial charge >= 0.3 is 0 Å². The smallest absolute Gasteiger partial charge is 0.254 e. The van der Waals surface area contributed by atoms with E-state index in [9.17, 15) is 9.18 Å². The van der Waals surface area contributed by atoms with E-state index in [-0.39, 0.29) is 5.91 Å². The van der Waals surface area contributed by atoms with E-state index >= 15 is 0 Å². The van der Waals surface area contributed by atoms with Crippen molar-refractivity contribution in [3.63, 3.8) is 0 Å². The largest absolute Gasteiger partial charge is 0.493 e. The molecule has 1 N–H and O–H groups in total. The Labute approximate surface area is 224 Å². The number of pyridine rings is 1. The van der Waals surface area contributed by atoms with Crippen LogP contribution in [0.5, 0.6) is 5.75 Å². The minimum atomic E-state index is -0.430. The Morgan fingerprint density at radius 1 is 1.19 bits per heavy atom. The van der Waals surface area contributed by atoms with Gasteiger partial charge in [0, 0.05) is 66.5 Å². The first-order valence-corrected chi connectivity index (χ1v) is 13.8. The van der Waals surface area contributed by atoms with Crippen LogP contribution in [0.15, 0.2) is 41.0 Å². The van der Waals surface area contributed by atoms with Gasteiger partial charge in [0.25, 0.3) is 5.91 Å². The summed E-state index contributed by atoms with van der Waals surface area (Å²) in [5.41, 5.74) is 4.46. The van der Waals surface area contributed by atoms with Gasteiger partial charge in [-0.1, -0.05) is 6.08 Å². The van der Waals surface area contributed by atoms with Crippen LogP contribution in [0.3, 0.4) is 0 Å². The molecule has 2 fully saturated rings. The van der Waals surface area contributed by atoms with E-state index in [4.69, 9.17) is 4.74 Å². The number of benzene rings is 1. The SMILES string of the molecule is COc1cc(F)cnc1N1CCN(C(=O)c2cc(Br)c3c(c2)cc(C2=CCCNC2)n3CC2CC2)CC1. The second-order valence-electron chi connectivity index (χ2n) is 10.1. The molecule has 1 amide bonds. The molecule has 1 saturated heterocycles. The number of hydrogen-bond acceptors (Lipinski definition) is 5. The Hall–Kier alpha value is -2.91. The summed E-state index contributed by atoms with van der Waals surface area (Å²) >= 11 is 3.81. The van der Waals surface area contributed by atoms with Gasteiger partial charge in [-0.3, -0.25) is 4.79 Å². The van der Waals surface area contributed by atoms with Gasteiger partial charge in [0.15, 0.2) is 11.6 Å². The zero-order valence-corrected chi connectivity index (χ0v) is 22.6. The third-order valence-electron chi connectivity index (χ3n) is 7.57. The van der Waals surface area contributed by atoms with Crippen LogP contribution in [-0.2, 0) is 6.54 Å². The Bertz CT molecular complexity index is 1370. The van der Waals surface area contributed by atoms with Crippen LogP contribution in [0.2, 0.25) is 0 Å². The lowest BCUT2D eigenvalue weighted by molar-refractivity contribution is 0.0746. The minimum absolute atomic E-state index is 0.0244. The molecule has 0 unspecified atom stereocenters. The number of piperazine rings is 1. The second kappa shape index (κ2) is 10.1. The molecule has 0 spiro atoms. The summed E-state index contributed by atoms with van der Waals surface area (Å²) in [6.07, 6.45) is 7.16. The Balaban J connectivity index is 1.25. The fourth-order valence-electron chi connectivity index (χ4n) is 5.44. The van der Waals surface area contributed by atoms with Crippen LogP contribution in [0.25, 0.3) is 16.5 Å². The monoisotopic (exact) mass is 567 g/mol. The molecule has 3 aliphatic rings. The average molecular weight is 568 g/mol. The van der Waals surface area contributed by atoms with Crippen LogP contribution < -0.4 is 15.0 Å². The van der Waals surface area contributed by atoms with Crippen LogP contribution in [0, 0.1) is 11.7 Å². The lowest BCUT2D eigenvalue weighted by Crippen LogP contribution is -2.49. The van der Waals surface area contributed by atoms with E-state index in [0.29, 0.717) is 43.3 Å². The number of fused-ring (bicyclic) bond motifs is 1. The number of halogens is 2. The second-order valence-corrected chi connectivity index (χ2v) is 11.0. The fraction of sp³-hybridized carbons (Fsp3) is 0.429. The molecule has 7 nitrogen and oxygen atoms in total. The molecule has 3 aromatic rings. The van der Waals surface area contributed by atoms with E-state index < -0.39 is 5.82 Å². The lowest BCUT2D eigenvalue weighted by atomic mass is 10.1. The fourth-order valence-corrected chi connectivity index (χ4v) is 6.13. The summed E-state index contributed by atoms with van der Waals surface area (Å²) in [5.74, 6) is 1.35. The van der Waals surface area contributed by atoms with Gasteiger partial charge in [-0.15, -0.1) is 0 Å². The highest BCUT2D eigenvalue weighted by molar-refractivity contribution is 9.10. The zero-order valence-electron chi connectivity index (χ0n) is 21.0. The molecule has 6 rings (SSSR count). The maximum absolute atomic E-state index is 13.6. The van der Waals surface area contributed by atoms with Crippen LogP contribution in [0.4, 0.5) is 10.2 Å². The van der Waals surface area contributed by atoms with Gasteiger partial charge in [-0.2, -0.15) is 0 Å². The van der Waals surface area contributed by atoms with Gasteiger partial charge in [0.2, 0.25) is 0 Å². The predicted octanol–water partition coefficient (Wildman–Crippen LogP) is 4.70. The van der Waals surface area contributed by atoms with Gasteiger partial charge in [0.1, 0.15) is 5.82 Å². The maximum atomic E-state index is 13.6. The van der Waals surface area contributed by atoms with E-state index in [1.165, 1.54) is 49.0 Å². The number of rotatable bonds is 6. The number of nitrogens with one attached hydrogen (secondary N) is 1.